The van der Waals surface area contributed by atoms with Crippen LogP contribution in [0.1, 0.15) is 43.9 Å². The van der Waals surface area contributed by atoms with Crippen molar-refractivity contribution in [1.29, 1.82) is 5.26 Å². The topological polar surface area (TPSA) is 70.8 Å². The van der Waals surface area contributed by atoms with E-state index in [4.69, 9.17) is 10.00 Å². The molecule has 5 heteroatoms. The predicted molar refractivity (Wildman–Crippen MR) is 93.0 cm³/mol. The van der Waals surface area contributed by atoms with Gasteiger partial charge in [-0.25, -0.2) is 4.98 Å². The summed E-state index contributed by atoms with van der Waals surface area (Å²) in [7, 11) is 0. The summed E-state index contributed by atoms with van der Waals surface area (Å²) in [6.45, 7) is 4.24. The monoisotopic (exact) mass is 322 g/mol. The van der Waals surface area contributed by atoms with Gasteiger partial charge in [-0.15, -0.1) is 0 Å². The van der Waals surface area contributed by atoms with Crippen LogP contribution in [0.4, 0.5) is 5.95 Å². The SMILES string of the molecule is Cc1cc(Oc2ccc(C#N)cc2)nc(NC2CCC(C)CC2)n1. The molecule has 1 fully saturated rings. The second-order valence-corrected chi connectivity index (χ2v) is 6.51. The minimum atomic E-state index is 0.436. The third-order valence-corrected chi connectivity index (χ3v) is 4.39. The second-order valence-electron chi connectivity index (χ2n) is 6.51. The highest BCUT2D eigenvalue weighted by molar-refractivity contribution is 5.38. The number of nitrogens with zero attached hydrogens (tertiary/aromatic N) is 3. The number of nitriles is 1. The number of aryl methyl sites for hydroxylation is 1. The van der Waals surface area contributed by atoms with Crippen molar-refractivity contribution in [2.45, 2.75) is 45.6 Å². The van der Waals surface area contributed by atoms with Gasteiger partial charge in [-0.05, 0) is 62.8 Å². The summed E-state index contributed by atoms with van der Waals surface area (Å²) in [5.41, 5.74) is 1.47. The number of hydrogen-bond acceptors (Lipinski definition) is 5. The number of benzene rings is 1. The highest BCUT2D eigenvalue weighted by atomic mass is 16.5. The molecule has 1 aromatic carbocycles. The summed E-state index contributed by atoms with van der Waals surface area (Å²) < 4.78 is 5.81. The standard InChI is InChI=1S/C19H22N4O/c1-13-3-7-16(8-4-13)22-19-21-14(2)11-18(23-19)24-17-9-5-15(12-20)6-10-17/h5-6,9-11,13,16H,3-4,7-8H2,1-2H3,(H,21,22,23). The van der Waals surface area contributed by atoms with Crippen molar-refractivity contribution in [3.05, 3.63) is 41.6 Å². The summed E-state index contributed by atoms with van der Waals surface area (Å²) in [6, 6.07) is 11.3. The highest BCUT2D eigenvalue weighted by Gasteiger charge is 2.19. The van der Waals surface area contributed by atoms with Gasteiger partial charge in [-0.2, -0.15) is 10.2 Å². The zero-order valence-electron chi connectivity index (χ0n) is 14.1. The van der Waals surface area contributed by atoms with Crippen LogP contribution in [-0.2, 0) is 0 Å². The molecule has 1 saturated carbocycles. The van der Waals surface area contributed by atoms with Gasteiger partial charge >= 0.3 is 0 Å². The molecule has 0 saturated heterocycles. The Labute approximate surface area is 142 Å². The fourth-order valence-electron chi connectivity index (χ4n) is 2.96. The molecular formula is C19H22N4O. The lowest BCUT2D eigenvalue weighted by atomic mass is 9.87. The van der Waals surface area contributed by atoms with Crippen molar-refractivity contribution in [2.24, 2.45) is 5.92 Å². The van der Waals surface area contributed by atoms with Gasteiger partial charge in [0.05, 0.1) is 11.6 Å². The fourth-order valence-corrected chi connectivity index (χ4v) is 2.96. The minimum absolute atomic E-state index is 0.436. The van der Waals surface area contributed by atoms with E-state index in [-0.39, 0.29) is 0 Å². The summed E-state index contributed by atoms with van der Waals surface area (Å²) in [4.78, 5) is 8.95. The van der Waals surface area contributed by atoms with Gasteiger partial charge in [0, 0.05) is 17.8 Å². The van der Waals surface area contributed by atoms with Crippen molar-refractivity contribution < 1.29 is 4.74 Å². The first-order valence-corrected chi connectivity index (χ1v) is 8.42. The van der Waals surface area contributed by atoms with Crippen LogP contribution >= 0.6 is 0 Å². The van der Waals surface area contributed by atoms with Gasteiger partial charge < -0.3 is 10.1 Å². The van der Waals surface area contributed by atoms with Gasteiger partial charge in [0.1, 0.15) is 5.75 Å². The third-order valence-electron chi connectivity index (χ3n) is 4.39. The predicted octanol–water partition coefficient (Wildman–Crippen LogP) is 4.44. The lowest BCUT2D eigenvalue weighted by molar-refractivity contribution is 0.360. The molecule has 1 heterocycles. The van der Waals surface area contributed by atoms with E-state index in [1.807, 2.05) is 13.0 Å². The Morgan fingerprint density at radius 3 is 2.50 bits per heavy atom. The number of ether oxygens (including phenoxy) is 1. The number of hydrogen-bond donors (Lipinski definition) is 1. The largest absolute Gasteiger partial charge is 0.439 e. The molecular weight excluding hydrogens is 300 g/mol. The average Bonchev–Trinajstić information content (AvgIpc) is 2.57. The molecule has 3 rings (SSSR count). The van der Waals surface area contributed by atoms with Gasteiger partial charge in [0.15, 0.2) is 0 Å². The lowest BCUT2D eigenvalue weighted by Gasteiger charge is -2.27. The van der Waals surface area contributed by atoms with Crippen molar-refractivity contribution >= 4 is 5.95 Å². The molecule has 24 heavy (non-hydrogen) atoms. The number of nitrogens with one attached hydrogen (secondary N) is 1. The number of rotatable bonds is 4. The first-order chi connectivity index (χ1) is 11.6. The van der Waals surface area contributed by atoms with E-state index in [0.29, 0.717) is 29.2 Å². The maximum atomic E-state index is 8.84. The Kier molecular flexibility index (Phi) is 4.95. The third kappa shape index (κ3) is 4.23. The molecule has 0 amide bonds. The molecule has 0 bridgehead atoms. The zero-order chi connectivity index (χ0) is 16.9. The van der Waals surface area contributed by atoms with Crippen LogP contribution in [0.2, 0.25) is 0 Å². The summed E-state index contributed by atoms with van der Waals surface area (Å²) >= 11 is 0. The molecule has 5 nitrogen and oxygen atoms in total. The van der Waals surface area contributed by atoms with E-state index in [0.717, 1.165) is 24.5 Å². The maximum Gasteiger partial charge on any atom is 0.226 e. The average molecular weight is 322 g/mol. The molecule has 0 radical (unpaired) electrons. The molecule has 0 atom stereocenters. The summed E-state index contributed by atoms with van der Waals surface area (Å²) in [5.74, 6) is 2.61. The molecule has 1 N–H and O–H groups in total. The second kappa shape index (κ2) is 7.31. The van der Waals surface area contributed by atoms with E-state index in [2.05, 4.69) is 28.3 Å². The molecule has 124 valence electrons. The van der Waals surface area contributed by atoms with Crippen molar-refractivity contribution in [2.75, 3.05) is 5.32 Å². The minimum Gasteiger partial charge on any atom is -0.439 e. The van der Waals surface area contributed by atoms with E-state index in [9.17, 15) is 0 Å². The molecule has 0 spiro atoms. The van der Waals surface area contributed by atoms with E-state index in [1.54, 1.807) is 24.3 Å². The van der Waals surface area contributed by atoms with Crippen LogP contribution in [-0.4, -0.2) is 16.0 Å². The first-order valence-electron chi connectivity index (χ1n) is 8.42. The quantitative estimate of drug-likeness (QED) is 0.901. The van der Waals surface area contributed by atoms with Crippen LogP contribution in [0.25, 0.3) is 0 Å². The number of anilines is 1. The molecule has 2 aromatic rings. The lowest BCUT2D eigenvalue weighted by Crippen LogP contribution is -2.26. The Balaban J connectivity index is 1.70. The van der Waals surface area contributed by atoms with Gasteiger partial charge in [0.25, 0.3) is 0 Å². The molecule has 0 unspecified atom stereocenters. The summed E-state index contributed by atoms with van der Waals surface area (Å²) in [5, 5.41) is 12.3. The Bertz CT molecular complexity index is 728. The molecule has 1 aliphatic rings. The maximum absolute atomic E-state index is 8.84. The van der Waals surface area contributed by atoms with Crippen molar-refractivity contribution in [3.8, 4) is 17.7 Å². The smallest absolute Gasteiger partial charge is 0.226 e. The van der Waals surface area contributed by atoms with Gasteiger partial charge in [0.2, 0.25) is 11.8 Å². The van der Waals surface area contributed by atoms with Gasteiger partial charge in [-0.1, -0.05) is 6.92 Å². The Morgan fingerprint density at radius 1 is 1.12 bits per heavy atom. The van der Waals surface area contributed by atoms with Gasteiger partial charge in [-0.3, -0.25) is 0 Å². The van der Waals surface area contributed by atoms with Crippen LogP contribution in [0.5, 0.6) is 11.6 Å². The Hall–Kier alpha value is -2.61. The van der Waals surface area contributed by atoms with E-state index >= 15 is 0 Å². The first kappa shape index (κ1) is 16.3. The normalized spacial score (nSPS) is 20.2. The van der Waals surface area contributed by atoms with Crippen molar-refractivity contribution in [3.63, 3.8) is 0 Å². The highest BCUT2D eigenvalue weighted by Crippen LogP contribution is 2.26. The summed E-state index contributed by atoms with van der Waals surface area (Å²) in [6.07, 6.45) is 4.81. The van der Waals surface area contributed by atoms with Crippen LogP contribution < -0.4 is 10.1 Å². The zero-order valence-corrected chi connectivity index (χ0v) is 14.1. The Morgan fingerprint density at radius 2 is 1.83 bits per heavy atom. The molecule has 0 aliphatic heterocycles. The molecule has 1 aliphatic carbocycles. The van der Waals surface area contributed by atoms with Crippen LogP contribution in [0.15, 0.2) is 30.3 Å². The van der Waals surface area contributed by atoms with E-state index in [1.165, 1.54) is 12.8 Å². The van der Waals surface area contributed by atoms with E-state index < -0.39 is 0 Å². The molecule has 1 aromatic heterocycles. The fraction of sp³-hybridized carbons (Fsp3) is 0.421. The number of aromatic nitrogens is 2. The van der Waals surface area contributed by atoms with Crippen LogP contribution in [0, 0.1) is 24.2 Å². The van der Waals surface area contributed by atoms with Crippen LogP contribution in [0.3, 0.4) is 0 Å². The van der Waals surface area contributed by atoms with Crippen molar-refractivity contribution in [1.82, 2.24) is 9.97 Å².